The van der Waals surface area contributed by atoms with E-state index in [-0.39, 0.29) is 11.3 Å². The van der Waals surface area contributed by atoms with Crippen molar-refractivity contribution in [1.29, 1.82) is 0 Å². The van der Waals surface area contributed by atoms with Gasteiger partial charge >= 0.3 is 5.97 Å². The van der Waals surface area contributed by atoms with Crippen molar-refractivity contribution in [3.8, 4) is 0 Å². The maximum absolute atomic E-state index is 12.9. The molecule has 0 spiro atoms. The lowest BCUT2D eigenvalue weighted by Gasteiger charge is -2.05. The Bertz CT molecular complexity index is 540. The van der Waals surface area contributed by atoms with Crippen molar-refractivity contribution in [2.24, 2.45) is 0 Å². The molecule has 0 saturated heterocycles. The van der Waals surface area contributed by atoms with Crippen molar-refractivity contribution in [3.63, 3.8) is 0 Å². The quantitative estimate of drug-likeness (QED) is 0.810. The second-order valence-corrected chi connectivity index (χ2v) is 7.15. The Morgan fingerprint density at radius 2 is 2.11 bits per heavy atom. The fourth-order valence-corrected chi connectivity index (χ4v) is 3.56. The summed E-state index contributed by atoms with van der Waals surface area (Å²) in [5, 5.41) is 8.90. The largest absolute Gasteiger partial charge is 0.478 e. The molecule has 0 aliphatic carbocycles. The summed E-state index contributed by atoms with van der Waals surface area (Å²) in [6.07, 6.45) is 1.15. The second kappa shape index (κ2) is 6.19. The molecule has 7 heteroatoms. The third kappa shape index (κ3) is 5.05. The average Bonchev–Trinajstić information content (AvgIpc) is 2.24. The molecule has 0 saturated carbocycles. The van der Waals surface area contributed by atoms with Crippen LogP contribution >= 0.6 is 11.8 Å². The van der Waals surface area contributed by atoms with Crippen molar-refractivity contribution in [1.82, 2.24) is 0 Å². The van der Waals surface area contributed by atoms with Gasteiger partial charge in [-0.15, -0.1) is 0 Å². The lowest BCUT2D eigenvalue weighted by atomic mass is 10.1. The van der Waals surface area contributed by atoms with Crippen LogP contribution in [0.5, 0.6) is 0 Å². The summed E-state index contributed by atoms with van der Waals surface area (Å²) in [6.45, 7) is 0. The smallest absolute Gasteiger partial charge is 0.336 e. The molecule has 0 heterocycles. The minimum atomic E-state index is -3.01. The number of halogens is 1. The maximum atomic E-state index is 12.9. The summed E-state index contributed by atoms with van der Waals surface area (Å²) in [7, 11) is -3.01. The van der Waals surface area contributed by atoms with E-state index in [0.717, 1.165) is 12.3 Å². The highest BCUT2D eigenvalue weighted by atomic mass is 32.2. The highest BCUT2D eigenvalue weighted by Gasteiger charge is 2.11. The van der Waals surface area contributed by atoms with Crippen molar-refractivity contribution >= 4 is 27.6 Å². The zero-order valence-electron chi connectivity index (χ0n) is 9.72. The van der Waals surface area contributed by atoms with Gasteiger partial charge in [0.05, 0.1) is 11.3 Å². The van der Waals surface area contributed by atoms with E-state index in [1.165, 1.54) is 23.9 Å². The highest BCUT2D eigenvalue weighted by Crippen LogP contribution is 2.18. The number of aromatic carboxylic acids is 1. The van der Waals surface area contributed by atoms with Crippen molar-refractivity contribution in [2.45, 2.75) is 5.75 Å². The minimum absolute atomic E-state index is 0.0429. The van der Waals surface area contributed by atoms with E-state index in [0.29, 0.717) is 17.1 Å². The van der Waals surface area contributed by atoms with Gasteiger partial charge < -0.3 is 5.11 Å². The fraction of sp³-hybridized carbons (Fsp3) is 0.364. The number of thioether (sulfide) groups is 1. The molecule has 1 aromatic carbocycles. The predicted octanol–water partition coefficient (Wildman–Crippen LogP) is 1.80. The first-order chi connectivity index (χ1) is 8.29. The molecule has 1 aromatic rings. The predicted molar refractivity (Wildman–Crippen MR) is 69.2 cm³/mol. The van der Waals surface area contributed by atoms with Gasteiger partial charge in [-0.05, 0) is 17.7 Å². The number of carbonyl (C=O) groups is 1. The zero-order valence-corrected chi connectivity index (χ0v) is 11.4. The molecule has 0 aliphatic heterocycles. The average molecular weight is 292 g/mol. The number of carboxylic acids is 1. The second-order valence-electron chi connectivity index (χ2n) is 3.79. The summed E-state index contributed by atoms with van der Waals surface area (Å²) in [5.41, 5.74) is 0.407. The molecule has 4 nitrogen and oxygen atoms in total. The summed E-state index contributed by atoms with van der Waals surface area (Å²) in [6, 6.07) is 3.57. The van der Waals surface area contributed by atoms with Crippen LogP contribution in [0.3, 0.4) is 0 Å². The molecule has 18 heavy (non-hydrogen) atoms. The third-order valence-electron chi connectivity index (χ3n) is 2.16. The van der Waals surface area contributed by atoms with Crippen LogP contribution in [0.2, 0.25) is 0 Å². The van der Waals surface area contributed by atoms with E-state index in [1.807, 2.05) is 0 Å². The van der Waals surface area contributed by atoms with Crippen LogP contribution < -0.4 is 0 Å². The Hall–Kier alpha value is -1.08. The number of hydrogen-bond donors (Lipinski definition) is 1. The normalized spacial score (nSPS) is 11.4. The summed E-state index contributed by atoms with van der Waals surface area (Å²) in [4.78, 5) is 10.9. The van der Waals surface area contributed by atoms with Gasteiger partial charge in [-0.2, -0.15) is 11.8 Å². The molecule has 1 N–H and O–H groups in total. The van der Waals surface area contributed by atoms with Gasteiger partial charge in [0.1, 0.15) is 15.7 Å². The molecular weight excluding hydrogens is 279 g/mol. The van der Waals surface area contributed by atoms with Gasteiger partial charge in [-0.3, -0.25) is 0 Å². The Kier molecular flexibility index (Phi) is 5.15. The lowest BCUT2D eigenvalue weighted by molar-refractivity contribution is 0.0695. The molecule has 1 rings (SSSR count). The monoisotopic (exact) mass is 292 g/mol. The Balaban J connectivity index is 2.65. The number of rotatable bonds is 6. The molecule has 0 unspecified atom stereocenters. The van der Waals surface area contributed by atoms with E-state index in [9.17, 15) is 17.6 Å². The molecule has 0 fully saturated rings. The Morgan fingerprint density at radius 3 is 2.67 bits per heavy atom. The van der Waals surface area contributed by atoms with Gasteiger partial charge in [0.2, 0.25) is 0 Å². The summed E-state index contributed by atoms with van der Waals surface area (Å²) < 4.78 is 34.7. The summed E-state index contributed by atoms with van der Waals surface area (Å²) in [5.74, 6) is -1.01. The minimum Gasteiger partial charge on any atom is -0.478 e. The molecule has 0 radical (unpaired) electrons. The molecule has 100 valence electrons. The van der Waals surface area contributed by atoms with Crippen LogP contribution in [0.15, 0.2) is 18.2 Å². The van der Waals surface area contributed by atoms with Crippen LogP contribution in [0.4, 0.5) is 4.39 Å². The topological polar surface area (TPSA) is 71.4 Å². The van der Waals surface area contributed by atoms with Gasteiger partial charge in [0.25, 0.3) is 0 Å². The highest BCUT2D eigenvalue weighted by molar-refractivity contribution is 7.99. The van der Waals surface area contributed by atoms with Gasteiger partial charge in [-0.1, -0.05) is 6.07 Å². The third-order valence-corrected chi connectivity index (χ3v) is 4.37. The van der Waals surface area contributed by atoms with Crippen LogP contribution in [-0.2, 0) is 15.6 Å². The van der Waals surface area contributed by atoms with E-state index in [4.69, 9.17) is 5.11 Å². The number of hydrogen-bond acceptors (Lipinski definition) is 4. The lowest BCUT2D eigenvalue weighted by Crippen LogP contribution is -2.06. The van der Waals surface area contributed by atoms with Gasteiger partial charge in [-0.25, -0.2) is 17.6 Å². The van der Waals surface area contributed by atoms with Gasteiger partial charge in [0.15, 0.2) is 0 Å². The maximum Gasteiger partial charge on any atom is 0.336 e. The van der Waals surface area contributed by atoms with Crippen LogP contribution in [0.1, 0.15) is 15.9 Å². The van der Waals surface area contributed by atoms with Gasteiger partial charge in [0, 0.05) is 17.8 Å². The van der Waals surface area contributed by atoms with Crippen molar-refractivity contribution < 1.29 is 22.7 Å². The van der Waals surface area contributed by atoms with E-state index >= 15 is 0 Å². The standard InChI is InChI=1S/C11H13FO4S2/c1-18(15,16)5-4-17-7-8-2-3-9(12)6-10(8)11(13)14/h2-3,6H,4-5,7H2,1H3,(H,13,14). The Labute approximate surface area is 109 Å². The van der Waals surface area contributed by atoms with Crippen LogP contribution in [0, 0.1) is 5.82 Å². The van der Waals surface area contributed by atoms with E-state index in [1.54, 1.807) is 0 Å². The number of benzene rings is 1. The molecule has 0 atom stereocenters. The van der Waals surface area contributed by atoms with Crippen LogP contribution in [0.25, 0.3) is 0 Å². The Morgan fingerprint density at radius 1 is 1.44 bits per heavy atom. The number of carboxylic acid groups (broad SMARTS) is 1. The molecule has 0 amide bonds. The molecule has 0 aliphatic rings. The van der Waals surface area contributed by atoms with E-state index in [2.05, 4.69) is 0 Å². The molecule has 0 bridgehead atoms. The first-order valence-corrected chi connectivity index (χ1v) is 8.28. The van der Waals surface area contributed by atoms with Crippen molar-refractivity contribution in [3.05, 3.63) is 35.1 Å². The van der Waals surface area contributed by atoms with E-state index < -0.39 is 21.6 Å². The zero-order chi connectivity index (χ0) is 13.8. The first kappa shape index (κ1) is 15.0. The van der Waals surface area contributed by atoms with Crippen LogP contribution in [-0.4, -0.2) is 37.3 Å². The SMILES string of the molecule is CS(=O)(=O)CCSCc1ccc(F)cc1C(=O)O. The fourth-order valence-electron chi connectivity index (χ4n) is 1.27. The first-order valence-electron chi connectivity index (χ1n) is 5.07. The number of sulfone groups is 1. The van der Waals surface area contributed by atoms with Crippen molar-refractivity contribution in [2.75, 3.05) is 17.8 Å². The summed E-state index contributed by atoms with van der Waals surface area (Å²) >= 11 is 1.31. The molecule has 0 aromatic heterocycles. The molecular formula is C11H13FO4S2.